The minimum absolute atomic E-state index is 0.250. The van der Waals surface area contributed by atoms with Crippen LogP contribution in [-0.2, 0) is 10.5 Å². The number of aryl methyl sites for hydroxylation is 1. The molecular formula is C18H16N4O3S2. The predicted octanol–water partition coefficient (Wildman–Crippen LogP) is 2.82. The van der Waals surface area contributed by atoms with Gasteiger partial charge in [-0.3, -0.25) is 4.79 Å². The molecule has 0 saturated heterocycles. The summed E-state index contributed by atoms with van der Waals surface area (Å²) in [4.78, 5) is 30.0. The molecule has 0 aliphatic rings. The molecule has 7 nitrogen and oxygen atoms in total. The van der Waals surface area contributed by atoms with E-state index in [1.54, 1.807) is 26.0 Å². The summed E-state index contributed by atoms with van der Waals surface area (Å²) in [6.45, 7) is 3.66. The number of benzene rings is 1. The van der Waals surface area contributed by atoms with Crippen LogP contribution < -0.4 is 11.4 Å². The van der Waals surface area contributed by atoms with Crippen molar-refractivity contribution in [1.29, 1.82) is 5.26 Å². The lowest BCUT2D eigenvalue weighted by Gasteiger charge is -2.07. The Morgan fingerprint density at radius 2 is 2.19 bits per heavy atom. The molecule has 0 unspecified atom stereocenters. The van der Waals surface area contributed by atoms with Crippen LogP contribution in [0.3, 0.4) is 0 Å². The van der Waals surface area contributed by atoms with Crippen LogP contribution in [0.15, 0.2) is 34.2 Å². The molecule has 1 aromatic carbocycles. The van der Waals surface area contributed by atoms with E-state index in [9.17, 15) is 14.9 Å². The molecule has 0 saturated carbocycles. The van der Waals surface area contributed by atoms with Crippen LogP contribution in [-0.4, -0.2) is 22.2 Å². The second-order valence-corrected chi connectivity index (χ2v) is 7.53. The third kappa shape index (κ3) is 3.54. The van der Waals surface area contributed by atoms with Crippen LogP contribution in [0, 0.1) is 18.3 Å². The second-order valence-electron chi connectivity index (χ2n) is 5.58. The van der Waals surface area contributed by atoms with E-state index < -0.39 is 11.5 Å². The molecule has 27 heavy (non-hydrogen) atoms. The summed E-state index contributed by atoms with van der Waals surface area (Å²) in [5.74, 6) is 5.91. The average molecular weight is 400 g/mol. The first-order valence-corrected chi connectivity index (χ1v) is 9.87. The zero-order valence-electron chi connectivity index (χ0n) is 14.7. The number of aromatic nitrogens is 2. The van der Waals surface area contributed by atoms with Gasteiger partial charge in [-0.25, -0.2) is 14.5 Å². The van der Waals surface area contributed by atoms with E-state index >= 15 is 0 Å². The third-order valence-corrected chi connectivity index (χ3v) is 6.09. The van der Waals surface area contributed by atoms with E-state index in [1.807, 2.05) is 12.1 Å². The van der Waals surface area contributed by atoms with Crippen LogP contribution in [0.25, 0.3) is 10.2 Å². The number of hydrogen-bond acceptors (Lipinski definition) is 8. The van der Waals surface area contributed by atoms with Crippen molar-refractivity contribution in [2.75, 3.05) is 12.4 Å². The van der Waals surface area contributed by atoms with Crippen LogP contribution >= 0.6 is 23.1 Å². The first-order valence-electron chi connectivity index (χ1n) is 8.07. The fraction of sp³-hybridized carbons (Fsp3) is 0.222. The van der Waals surface area contributed by atoms with Crippen molar-refractivity contribution in [2.24, 2.45) is 0 Å². The molecule has 2 aromatic heterocycles. The summed E-state index contributed by atoms with van der Waals surface area (Å²) in [5.41, 5.74) is 1.50. The molecule has 0 atom stereocenters. The Balaban J connectivity index is 2.00. The highest BCUT2D eigenvalue weighted by Crippen LogP contribution is 2.30. The lowest BCUT2D eigenvalue weighted by atomic mass is 10.1. The van der Waals surface area contributed by atoms with Crippen molar-refractivity contribution in [3.8, 4) is 6.07 Å². The summed E-state index contributed by atoms with van der Waals surface area (Å²) in [5, 5.41) is 9.83. The van der Waals surface area contributed by atoms with Gasteiger partial charge in [-0.05, 0) is 31.0 Å². The lowest BCUT2D eigenvalue weighted by Crippen LogP contribution is -2.29. The van der Waals surface area contributed by atoms with Crippen LogP contribution in [0.2, 0.25) is 0 Å². The molecule has 0 spiro atoms. The van der Waals surface area contributed by atoms with Crippen LogP contribution in [0.1, 0.15) is 33.3 Å². The summed E-state index contributed by atoms with van der Waals surface area (Å²) >= 11 is 2.38. The molecule has 138 valence electrons. The number of ether oxygens (including phenoxy) is 1. The lowest BCUT2D eigenvalue weighted by molar-refractivity contribution is 0.0531. The SMILES string of the molecule is CCOC(=O)c1sc2nc(SCc3ccccc3C#N)n(N)c(=O)c2c1C. The van der Waals surface area contributed by atoms with Crippen LogP contribution in [0.4, 0.5) is 0 Å². The smallest absolute Gasteiger partial charge is 0.348 e. The topological polar surface area (TPSA) is 111 Å². The Labute approximate surface area is 163 Å². The Kier molecular flexibility index (Phi) is 5.48. The molecule has 2 N–H and O–H groups in total. The van der Waals surface area contributed by atoms with Gasteiger partial charge in [0, 0.05) is 5.75 Å². The molecule has 9 heteroatoms. The maximum atomic E-state index is 12.7. The van der Waals surface area contributed by atoms with Gasteiger partial charge in [0.2, 0.25) is 0 Å². The largest absolute Gasteiger partial charge is 0.462 e. The van der Waals surface area contributed by atoms with Gasteiger partial charge in [0.1, 0.15) is 9.71 Å². The molecular weight excluding hydrogens is 384 g/mol. The molecule has 0 radical (unpaired) electrons. The van der Waals surface area contributed by atoms with Gasteiger partial charge < -0.3 is 10.6 Å². The second kappa shape index (κ2) is 7.82. The highest BCUT2D eigenvalue weighted by atomic mass is 32.2. The standard InChI is InChI=1S/C18H16N4O3S2/c1-3-25-17(24)14-10(2)13-15(27-14)21-18(22(20)16(13)23)26-9-12-7-5-4-6-11(12)8-19/h4-7H,3,9,20H2,1-2H3. The summed E-state index contributed by atoms with van der Waals surface area (Å²) < 4.78 is 6.02. The van der Waals surface area contributed by atoms with Crippen molar-refractivity contribution in [3.05, 3.63) is 56.2 Å². The molecule has 0 aliphatic heterocycles. The highest BCUT2D eigenvalue weighted by Gasteiger charge is 2.22. The number of thiophene rings is 1. The van der Waals surface area contributed by atoms with E-state index in [1.165, 1.54) is 11.8 Å². The fourth-order valence-electron chi connectivity index (χ4n) is 2.57. The highest BCUT2D eigenvalue weighted by molar-refractivity contribution is 7.98. The molecule has 3 aromatic rings. The van der Waals surface area contributed by atoms with Gasteiger partial charge in [-0.1, -0.05) is 30.0 Å². The summed E-state index contributed by atoms with van der Waals surface area (Å²) in [6.07, 6.45) is 0. The number of nitrogens with two attached hydrogens (primary N) is 1. The molecule has 2 heterocycles. The summed E-state index contributed by atoms with van der Waals surface area (Å²) in [6, 6.07) is 9.35. The van der Waals surface area contributed by atoms with Gasteiger partial charge in [-0.15, -0.1) is 11.3 Å². The van der Waals surface area contributed by atoms with Crippen molar-refractivity contribution in [2.45, 2.75) is 24.8 Å². The van der Waals surface area contributed by atoms with Crippen molar-refractivity contribution < 1.29 is 9.53 Å². The number of thioether (sulfide) groups is 1. The molecule has 0 bridgehead atoms. The number of hydrogen-bond donors (Lipinski definition) is 1. The minimum atomic E-state index is -0.474. The van der Waals surface area contributed by atoms with Gasteiger partial charge in [-0.2, -0.15) is 5.26 Å². The van der Waals surface area contributed by atoms with E-state index in [0.29, 0.717) is 37.1 Å². The summed E-state index contributed by atoms with van der Waals surface area (Å²) in [7, 11) is 0. The molecule has 0 aliphatic carbocycles. The number of nitriles is 1. The predicted molar refractivity (Wildman–Crippen MR) is 105 cm³/mol. The number of rotatable bonds is 5. The van der Waals surface area contributed by atoms with E-state index in [0.717, 1.165) is 21.6 Å². The molecule has 0 fully saturated rings. The molecule has 3 rings (SSSR count). The number of nitrogens with zero attached hydrogens (tertiary/aromatic N) is 3. The van der Waals surface area contributed by atoms with Gasteiger partial charge >= 0.3 is 5.97 Å². The van der Waals surface area contributed by atoms with Gasteiger partial charge in [0.05, 0.1) is 23.6 Å². The minimum Gasteiger partial charge on any atom is -0.462 e. The number of fused-ring (bicyclic) bond motifs is 1. The van der Waals surface area contributed by atoms with Crippen molar-refractivity contribution >= 4 is 39.3 Å². The Morgan fingerprint density at radius 3 is 2.89 bits per heavy atom. The van der Waals surface area contributed by atoms with Crippen molar-refractivity contribution in [1.82, 2.24) is 9.66 Å². The fourth-order valence-corrected chi connectivity index (χ4v) is 4.60. The quantitative estimate of drug-likeness (QED) is 0.303. The maximum Gasteiger partial charge on any atom is 0.348 e. The van der Waals surface area contributed by atoms with Gasteiger partial charge in [0.25, 0.3) is 5.56 Å². The molecule has 0 amide bonds. The van der Waals surface area contributed by atoms with Gasteiger partial charge in [0.15, 0.2) is 5.16 Å². The average Bonchev–Trinajstić information content (AvgIpc) is 3.00. The normalized spacial score (nSPS) is 10.7. The first-order chi connectivity index (χ1) is 13.0. The zero-order chi connectivity index (χ0) is 19.6. The van der Waals surface area contributed by atoms with Crippen molar-refractivity contribution in [3.63, 3.8) is 0 Å². The van der Waals surface area contributed by atoms with E-state index in [-0.39, 0.29) is 6.61 Å². The number of esters is 1. The Hall–Kier alpha value is -2.83. The Morgan fingerprint density at radius 1 is 1.44 bits per heavy atom. The van der Waals surface area contributed by atoms with E-state index in [4.69, 9.17) is 10.6 Å². The number of carbonyl (C=O) groups excluding carboxylic acids is 1. The number of carbonyl (C=O) groups is 1. The van der Waals surface area contributed by atoms with E-state index in [2.05, 4.69) is 11.1 Å². The zero-order valence-corrected chi connectivity index (χ0v) is 16.3. The number of nitrogen functional groups attached to an aromatic ring is 1. The first kappa shape index (κ1) is 18.9. The maximum absolute atomic E-state index is 12.7. The van der Waals surface area contributed by atoms with Crippen LogP contribution in [0.5, 0.6) is 0 Å². The third-order valence-electron chi connectivity index (χ3n) is 3.92. The Bertz CT molecular complexity index is 1130. The monoisotopic (exact) mass is 400 g/mol.